The molecule has 1 aliphatic heterocycles. The second kappa shape index (κ2) is 10.1. The predicted octanol–water partition coefficient (Wildman–Crippen LogP) is 2.34. The number of aliphatic hydroxyl groups is 1. The summed E-state index contributed by atoms with van der Waals surface area (Å²) in [5.74, 6) is -4.83. The molecule has 1 saturated heterocycles. The van der Waals surface area contributed by atoms with Gasteiger partial charge in [-0.25, -0.2) is 31.1 Å². The topological polar surface area (TPSA) is 130 Å². The predicted molar refractivity (Wildman–Crippen MR) is 122 cm³/mol. The van der Waals surface area contributed by atoms with Crippen LogP contribution in [0.1, 0.15) is 37.7 Å². The number of carbonyl (C=O) groups excluding carboxylic acids is 2. The van der Waals surface area contributed by atoms with Gasteiger partial charge in [-0.1, -0.05) is 0 Å². The maximum Gasteiger partial charge on any atom is 0.410 e. The molecule has 0 spiro atoms. The zero-order valence-corrected chi connectivity index (χ0v) is 20.8. The Morgan fingerprint density at radius 3 is 2.44 bits per heavy atom. The molecule has 1 aromatic heterocycles. The van der Waals surface area contributed by atoms with Crippen LogP contribution in [0.2, 0.25) is 0 Å². The molecular formula is C22H27F3N4O6S. The number of carbonyl (C=O) groups is 2. The number of aryl methyl sites for hydroxylation is 1. The molecule has 1 aliphatic rings. The molecule has 198 valence electrons. The molecule has 0 aliphatic carbocycles. The number of sulfonamides is 1. The normalized spacial score (nSPS) is 18.4. The first-order chi connectivity index (χ1) is 16.6. The molecule has 3 rings (SSSR count). The minimum atomic E-state index is -4.55. The molecule has 2 amide bonds. The lowest BCUT2D eigenvalue weighted by Gasteiger charge is -2.29. The van der Waals surface area contributed by atoms with Crippen LogP contribution in [0.4, 0.5) is 23.7 Å². The van der Waals surface area contributed by atoms with Gasteiger partial charge in [0.05, 0.1) is 12.6 Å². The van der Waals surface area contributed by atoms with Gasteiger partial charge in [-0.3, -0.25) is 4.79 Å². The Morgan fingerprint density at radius 2 is 1.86 bits per heavy atom. The summed E-state index contributed by atoms with van der Waals surface area (Å²) >= 11 is 0. The summed E-state index contributed by atoms with van der Waals surface area (Å²) < 4.78 is 76.2. The zero-order chi connectivity index (χ0) is 27.0. The molecule has 0 saturated carbocycles. The lowest BCUT2D eigenvalue weighted by molar-refractivity contribution is 0.0163. The number of aromatic nitrogens is 1. The van der Waals surface area contributed by atoms with Crippen molar-refractivity contribution in [1.29, 1.82) is 0 Å². The number of nitrogens with one attached hydrogen (secondary N) is 2. The molecule has 0 radical (unpaired) electrons. The molecule has 3 N–H and O–H groups in total. The number of anilines is 1. The summed E-state index contributed by atoms with van der Waals surface area (Å²) in [6.45, 7) is 4.49. The number of rotatable bonds is 6. The highest BCUT2D eigenvalue weighted by molar-refractivity contribution is 7.89. The van der Waals surface area contributed by atoms with Gasteiger partial charge in [0.1, 0.15) is 16.2 Å². The molecule has 0 bridgehead atoms. The Morgan fingerprint density at radius 1 is 1.19 bits per heavy atom. The van der Waals surface area contributed by atoms with E-state index in [9.17, 15) is 31.9 Å². The van der Waals surface area contributed by atoms with Crippen molar-refractivity contribution in [3.05, 3.63) is 47.5 Å². The summed E-state index contributed by atoms with van der Waals surface area (Å²) in [4.78, 5) is 25.4. The number of hydrogen-bond acceptors (Lipinski definition) is 6. The monoisotopic (exact) mass is 532 g/mol. The highest BCUT2D eigenvalue weighted by atomic mass is 32.2. The van der Waals surface area contributed by atoms with Crippen molar-refractivity contribution in [1.82, 2.24) is 14.2 Å². The maximum atomic E-state index is 15.2. The van der Waals surface area contributed by atoms with Crippen molar-refractivity contribution in [3.8, 4) is 0 Å². The van der Waals surface area contributed by atoms with E-state index in [4.69, 9.17) is 4.74 Å². The van der Waals surface area contributed by atoms with E-state index in [0.717, 1.165) is 22.9 Å². The van der Waals surface area contributed by atoms with E-state index in [1.165, 1.54) is 11.9 Å². The minimum absolute atomic E-state index is 0.0898. The Bertz CT molecular complexity index is 1280. The van der Waals surface area contributed by atoms with Gasteiger partial charge < -0.3 is 24.6 Å². The van der Waals surface area contributed by atoms with Crippen LogP contribution < -0.4 is 10.0 Å². The van der Waals surface area contributed by atoms with Crippen LogP contribution in [0, 0.1) is 17.5 Å². The minimum Gasteiger partial charge on any atom is -0.444 e. The molecule has 14 heteroatoms. The summed E-state index contributed by atoms with van der Waals surface area (Å²) in [6, 6.07) is 0.608. The Labute approximate surface area is 206 Å². The number of amides is 2. The zero-order valence-electron chi connectivity index (χ0n) is 20.0. The second-order valence-electron chi connectivity index (χ2n) is 9.29. The van der Waals surface area contributed by atoms with E-state index in [0.29, 0.717) is 6.07 Å². The smallest absolute Gasteiger partial charge is 0.410 e. The van der Waals surface area contributed by atoms with E-state index in [1.807, 2.05) is 0 Å². The van der Waals surface area contributed by atoms with Gasteiger partial charge in [0.2, 0.25) is 10.0 Å². The SMILES string of the molecule is Cn1cc(S(=O)(=O)N[C@@H]2CCN(C(=O)OC(C)(C)C)[C@@H]2CO)c(F)c1C(=O)Nc1ccc(F)c(F)c1. The van der Waals surface area contributed by atoms with Crippen LogP contribution in [0.3, 0.4) is 0 Å². The number of ether oxygens (including phenoxy) is 1. The van der Waals surface area contributed by atoms with Gasteiger partial charge in [-0.2, -0.15) is 0 Å². The molecule has 2 heterocycles. The van der Waals surface area contributed by atoms with Crippen LogP contribution >= 0.6 is 0 Å². The first-order valence-electron chi connectivity index (χ1n) is 10.9. The van der Waals surface area contributed by atoms with Crippen LogP contribution in [0.5, 0.6) is 0 Å². The summed E-state index contributed by atoms with van der Waals surface area (Å²) in [5, 5.41) is 12.0. The third kappa shape index (κ3) is 5.82. The summed E-state index contributed by atoms with van der Waals surface area (Å²) in [6.07, 6.45) is 0.277. The molecule has 0 unspecified atom stereocenters. The highest BCUT2D eigenvalue weighted by Crippen LogP contribution is 2.26. The van der Waals surface area contributed by atoms with Crippen molar-refractivity contribution < 1.29 is 41.0 Å². The fourth-order valence-electron chi connectivity index (χ4n) is 3.81. The first-order valence-corrected chi connectivity index (χ1v) is 12.4. The standard InChI is InChI=1S/C22H27F3N4O6S/c1-22(2,3)35-21(32)29-8-7-15(16(29)11-30)27-36(33,34)17-10-28(4)19(18(17)25)20(31)26-12-5-6-13(23)14(24)9-12/h5-6,9-10,15-16,27,30H,7-8,11H2,1-4H3,(H,26,31)/t15-,16-/m1/s1. The van der Waals surface area contributed by atoms with Crippen molar-refractivity contribution in [2.24, 2.45) is 7.05 Å². The summed E-state index contributed by atoms with van der Waals surface area (Å²) in [7, 11) is -3.31. The average molecular weight is 533 g/mol. The first kappa shape index (κ1) is 27.5. The third-order valence-electron chi connectivity index (χ3n) is 5.44. The largest absolute Gasteiger partial charge is 0.444 e. The highest BCUT2D eigenvalue weighted by Gasteiger charge is 2.41. The molecule has 1 aromatic carbocycles. The molecule has 1 fully saturated rings. The quantitative estimate of drug-likeness (QED) is 0.524. The van der Waals surface area contributed by atoms with Gasteiger partial charge >= 0.3 is 6.09 Å². The van der Waals surface area contributed by atoms with E-state index >= 15 is 4.39 Å². The van der Waals surface area contributed by atoms with Crippen molar-refractivity contribution in [2.75, 3.05) is 18.5 Å². The fraction of sp³-hybridized carbons (Fsp3) is 0.455. The summed E-state index contributed by atoms with van der Waals surface area (Å²) in [5.41, 5.74) is -1.64. The van der Waals surface area contributed by atoms with Crippen molar-refractivity contribution >= 4 is 27.7 Å². The van der Waals surface area contributed by atoms with Crippen LogP contribution in [0.25, 0.3) is 0 Å². The van der Waals surface area contributed by atoms with Crippen LogP contribution in [-0.2, 0) is 21.8 Å². The molecule has 2 aromatic rings. The molecule has 36 heavy (non-hydrogen) atoms. The van der Waals surface area contributed by atoms with E-state index in [-0.39, 0.29) is 18.7 Å². The molecule has 10 nitrogen and oxygen atoms in total. The number of benzene rings is 1. The van der Waals surface area contributed by atoms with E-state index in [1.54, 1.807) is 20.8 Å². The number of likely N-dealkylation sites (tertiary alicyclic amines) is 1. The van der Waals surface area contributed by atoms with E-state index in [2.05, 4.69) is 10.0 Å². The van der Waals surface area contributed by atoms with E-state index < -0.39 is 74.4 Å². The maximum absolute atomic E-state index is 15.2. The molecular weight excluding hydrogens is 505 g/mol. The van der Waals surface area contributed by atoms with Gasteiger partial charge in [-0.15, -0.1) is 0 Å². The number of hydrogen-bond donors (Lipinski definition) is 3. The van der Waals surface area contributed by atoms with Crippen molar-refractivity contribution in [2.45, 2.75) is 49.8 Å². The fourth-order valence-corrected chi connectivity index (χ4v) is 5.24. The number of halogens is 3. The lowest BCUT2D eigenvalue weighted by atomic mass is 10.1. The molecule has 2 atom stereocenters. The van der Waals surface area contributed by atoms with Gasteiger partial charge in [0.25, 0.3) is 5.91 Å². The van der Waals surface area contributed by atoms with Crippen LogP contribution in [-0.4, -0.2) is 65.8 Å². The van der Waals surface area contributed by atoms with Crippen LogP contribution in [0.15, 0.2) is 29.3 Å². The van der Waals surface area contributed by atoms with Gasteiger partial charge in [-0.05, 0) is 39.3 Å². The lowest BCUT2D eigenvalue weighted by Crippen LogP contribution is -2.49. The second-order valence-corrected chi connectivity index (χ2v) is 11.0. The van der Waals surface area contributed by atoms with Gasteiger partial charge in [0, 0.05) is 37.6 Å². The Balaban J connectivity index is 1.80. The average Bonchev–Trinajstić information content (AvgIpc) is 3.29. The third-order valence-corrected chi connectivity index (χ3v) is 6.91. The Hall–Kier alpha value is -3.10. The number of nitrogens with zero attached hydrogens (tertiary/aromatic N) is 2. The van der Waals surface area contributed by atoms with Gasteiger partial charge in [0.15, 0.2) is 17.5 Å². The number of aliphatic hydroxyl groups excluding tert-OH is 1. The Kier molecular flexibility index (Phi) is 7.72. The van der Waals surface area contributed by atoms with Crippen molar-refractivity contribution in [3.63, 3.8) is 0 Å².